The Kier molecular flexibility index (Phi) is 4.93. The van der Waals surface area contributed by atoms with Crippen LogP contribution < -0.4 is 16.6 Å². The van der Waals surface area contributed by atoms with E-state index in [0.29, 0.717) is 11.7 Å². The van der Waals surface area contributed by atoms with Gasteiger partial charge in [-0.05, 0) is 25.7 Å². The first-order chi connectivity index (χ1) is 9.24. The fourth-order valence-electron chi connectivity index (χ4n) is 2.23. The minimum Gasteiger partial charge on any atom is -0.381 e. The third kappa shape index (κ3) is 3.54. The van der Waals surface area contributed by atoms with Gasteiger partial charge in [-0.25, -0.2) is 15.8 Å². The number of ether oxygens (including phenoxy) is 1. The summed E-state index contributed by atoms with van der Waals surface area (Å²) in [5.41, 5.74) is 3.60. The zero-order chi connectivity index (χ0) is 13.7. The highest BCUT2D eigenvalue weighted by Gasteiger charge is 2.15. The van der Waals surface area contributed by atoms with E-state index >= 15 is 0 Å². The minimum absolute atomic E-state index is 0.655. The third-order valence-corrected chi connectivity index (χ3v) is 3.54. The van der Waals surface area contributed by atoms with Crippen LogP contribution in [0.2, 0.25) is 0 Å². The van der Waals surface area contributed by atoms with E-state index in [4.69, 9.17) is 10.6 Å². The Morgan fingerprint density at radius 2 is 1.95 bits per heavy atom. The SMILES string of the molecule is CCc1nc(NN)c(C)c(NCC2CCOCC2)n1. The van der Waals surface area contributed by atoms with E-state index in [-0.39, 0.29) is 0 Å². The van der Waals surface area contributed by atoms with Gasteiger partial charge in [0.2, 0.25) is 0 Å². The quantitative estimate of drug-likeness (QED) is 0.552. The molecule has 106 valence electrons. The summed E-state index contributed by atoms with van der Waals surface area (Å²) in [6.07, 6.45) is 3.01. The number of rotatable bonds is 5. The number of hydrogen-bond acceptors (Lipinski definition) is 6. The van der Waals surface area contributed by atoms with Crippen LogP contribution in [0.5, 0.6) is 0 Å². The predicted molar refractivity (Wildman–Crippen MR) is 76.0 cm³/mol. The molecular formula is C13H23N5O. The number of aromatic nitrogens is 2. The molecule has 1 aliphatic rings. The van der Waals surface area contributed by atoms with Crippen LogP contribution in [0.1, 0.15) is 31.2 Å². The zero-order valence-electron chi connectivity index (χ0n) is 11.7. The average molecular weight is 265 g/mol. The molecule has 6 nitrogen and oxygen atoms in total. The summed E-state index contributed by atoms with van der Waals surface area (Å²) in [5.74, 6) is 8.53. The maximum Gasteiger partial charge on any atom is 0.148 e. The standard InChI is InChI=1S/C13H23N5O/c1-3-11-16-12(9(2)13(17-11)18-14)15-8-10-4-6-19-7-5-10/h10H,3-8,14H2,1-2H3,(H2,15,16,17,18). The first kappa shape index (κ1) is 14.0. The monoisotopic (exact) mass is 265 g/mol. The fraction of sp³-hybridized carbons (Fsp3) is 0.692. The number of nitrogen functional groups attached to an aromatic ring is 1. The molecule has 19 heavy (non-hydrogen) atoms. The molecule has 0 spiro atoms. The number of hydrogen-bond donors (Lipinski definition) is 3. The van der Waals surface area contributed by atoms with Crippen LogP contribution in [0.3, 0.4) is 0 Å². The van der Waals surface area contributed by atoms with Gasteiger partial charge in [0.15, 0.2) is 0 Å². The Balaban J connectivity index is 2.05. The van der Waals surface area contributed by atoms with Crippen LogP contribution in [0.15, 0.2) is 0 Å². The molecule has 0 amide bonds. The van der Waals surface area contributed by atoms with E-state index in [1.165, 1.54) is 0 Å². The smallest absolute Gasteiger partial charge is 0.148 e. The molecule has 4 N–H and O–H groups in total. The lowest BCUT2D eigenvalue weighted by molar-refractivity contribution is 0.0699. The number of nitrogens with zero attached hydrogens (tertiary/aromatic N) is 2. The Labute approximate surface area is 114 Å². The van der Waals surface area contributed by atoms with Crippen molar-refractivity contribution < 1.29 is 4.74 Å². The van der Waals surface area contributed by atoms with Gasteiger partial charge in [0.05, 0.1) is 0 Å². The molecule has 1 saturated heterocycles. The summed E-state index contributed by atoms with van der Waals surface area (Å²) in [6, 6.07) is 0. The summed E-state index contributed by atoms with van der Waals surface area (Å²) >= 11 is 0. The molecule has 0 aliphatic carbocycles. The molecule has 0 aromatic carbocycles. The lowest BCUT2D eigenvalue weighted by Crippen LogP contribution is -2.24. The number of anilines is 2. The molecule has 0 radical (unpaired) electrons. The van der Waals surface area contributed by atoms with Crippen molar-refractivity contribution in [2.75, 3.05) is 30.5 Å². The van der Waals surface area contributed by atoms with E-state index in [1.54, 1.807) is 0 Å². The van der Waals surface area contributed by atoms with Crippen molar-refractivity contribution in [3.8, 4) is 0 Å². The predicted octanol–water partition coefficient (Wildman–Crippen LogP) is 1.47. The van der Waals surface area contributed by atoms with E-state index < -0.39 is 0 Å². The minimum atomic E-state index is 0.655. The summed E-state index contributed by atoms with van der Waals surface area (Å²) in [6.45, 7) is 6.67. The van der Waals surface area contributed by atoms with Crippen LogP contribution in [0.25, 0.3) is 0 Å². The van der Waals surface area contributed by atoms with Gasteiger partial charge in [-0.15, -0.1) is 0 Å². The van der Waals surface area contributed by atoms with Gasteiger partial charge >= 0.3 is 0 Å². The summed E-state index contributed by atoms with van der Waals surface area (Å²) in [4.78, 5) is 8.89. The maximum atomic E-state index is 5.50. The van der Waals surface area contributed by atoms with Crippen LogP contribution >= 0.6 is 0 Å². The van der Waals surface area contributed by atoms with Crippen molar-refractivity contribution in [3.05, 3.63) is 11.4 Å². The fourth-order valence-corrected chi connectivity index (χ4v) is 2.23. The molecule has 1 aromatic rings. The van der Waals surface area contributed by atoms with Crippen molar-refractivity contribution in [1.82, 2.24) is 9.97 Å². The topological polar surface area (TPSA) is 85.1 Å². The van der Waals surface area contributed by atoms with Gasteiger partial charge in [-0.2, -0.15) is 0 Å². The third-order valence-electron chi connectivity index (χ3n) is 3.54. The molecular weight excluding hydrogens is 242 g/mol. The van der Waals surface area contributed by atoms with Crippen molar-refractivity contribution >= 4 is 11.6 Å². The highest BCUT2D eigenvalue weighted by molar-refractivity contribution is 5.56. The highest BCUT2D eigenvalue weighted by atomic mass is 16.5. The summed E-state index contributed by atoms with van der Waals surface area (Å²) in [7, 11) is 0. The molecule has 2 heterocycles. The van der Waals surface area contributed by atoms with Crippen LogP contribution in [0.4, 0.5) is 11.6 Å². The van der Waals surface area contributed by atoms with Crippen molar-refractivity contribution in [1.29, 1.82) is 0 Å². The zero-order valence-corrected chi connectivity index (χ0v) is 11.7. The molecule has 0 bridgehead atoms. The summed E-state index contributed by atoms with van der Waals surface area (Å²) in [5, 5.41) is 3.43. The molecule has 2 rings (SSSR count). The molecule has 1 fully saturated rings. The molecule has 0 saturated carbocycles. The number of nitrogens with two attached hydrogens (primary N) is 1. The summed E-state index contributed by atoms with van der Waals surface area (Å²) < 4.78 is 5.37. The molecule has 0 unspecified atom stereocenters. The first-order valence-electron chi connectivity index (χ1n) is 6.90. The maximum absolute atomic E-state index is 5.50. The second-order valence-electron chi connectivity index (χ2n) is 4.90. The van der Waals surface area contributed by atoms with Gasteiger partial charge in [-0.1, -0.05) is 6.92 Å². The highest BCUT2D eigenvalue weighted by Crippen LogP contribution is 2.21. The van der Waals surface area contributed by atoms with Crippen LogP contribution in [0, 0.1) is 12.8 Å². The Morgan fingerprint density at radius 1 is 1.26 bits per heavy atom. The molecule has 1 aromatic heterocycles. The Morgan fingerprint density at radius 3 is 2.58 bits per heavy atom. The molecule has 1 aliphatic heterocycles. The number of aryl methyl sites for hydroxylation is 1. The largest absolute Gasteiger partial charge is 0.381 e. The van der Waals surface area contributed by atoms with Crippen molar-refractivity contribution in [2.45, 2.75) is 33.1 Å². The van der Waals surface area contributed by atoms with Crippen LogP contribution in [-0.4, -0.2) is 29.7 Å². The normalized spacial score (nSPS) is 16.4. The van der Waals surface area contributed by atoms with E-state index in [0.717, 1.165) is 56.2 Å². The van der Waals surface area contributed by atoms with Gasteiger partial charge in [-0.3, -0.25) is 0 Å². The second kappa shape index (κ2) is 6.68. The molecule has 6 heteroatoms. The van der Waals surface area contributed by atoms with E-state index in [2.05, 4.69) is 20.7 Å². The first-order valence-corrected chi connectivity index (χ1v) is 6.90. The number of nitrogens with one attached hydrogen (secondary N) is 2. The van der Waals surface area contributed by atoms with Gasteiger partial charge in [0.25, 0.3) is 0 Å². The Bertz CT molecular complexity index is 418. The van der Waals surface area contributed by atoms with Crippen LogP contribution in [-0.2, 0) is 11.2 Å². The Hall–Kier alpha value is -1.40. The molecule has 0 atom stereocenters. The van der Waals surface area contributed by atoms with Crippen molar-refractivity contribution in [2.24, 2.45) is 11.8 Å². The average Bonchev–Trinajstić information content (AvgIpc) is 2.47. The second-order valence-corrected chi connectivity index (χ2v) is 4.90. The van der Waals surface area contributed by atoms with Gasteiger partial charge < -0.3 is 15.5 Å². The van der Waals surface area contributed by atoms with Gasteiger partial charge in [0, 0.05) is 31.7 Å². The van der Waals surface area contributed by atoms with E-state index in [9.17, 15) is 0 Å². The lowest BCUT2D eigenvalue weighted by Gasteiger charge is -2.23. The lowest BCUT2D eigenvalue weighted by atomic mass is 10.0. The van der Waals surface area contributed by atoms with E-state index in [1.807, 2.05) is 13.8 Å². The van der Waals surface area contributed by atoms with Crippen molar-refractivity contribution in [3.63, 3.8) is 0 Å². The number of hydrazine groups is 1. The van der Waals surface area contributed by atoms with Gasteiger partial charge in [0.1, 0.15) is 17.5 Å².